The second-order valence-electron chi connectivity index (χ2n) is 5.04. The van der Waals surface area contributed by atoms with Crippen molar-refractivity contribution in [2.45, 2.75) is 40.4 Å². The number of nitrogens with zero attached hydrogens (tertiary/aromatic N) is 1. The van der Waals surface area contributed by atoms with E-state index in [-0.39, 0.29) is 5.41 Å². The van der Waals surface area contributed by atoms with Crippen LogP contribution in [-0.4, -0.2) is 24.6 Å². The summed E-state index contributed by atoms with van der Waals surface area (Å²) in [5.74, 6) is 0.938. The number of hydrogen-bond acceptors (Lipinski definition) is 2. The SMILES string of the molecule is CC(C)(C)/C(=N\[Si](C)(C)C)O[SiH3]. The van der Waals surface area contributed by atoms with Gasteiger partial charge in [-0.15, -0.1) is 0 Å². The smallest absolute Gasteiger partial charge is 0.205 e. The lowest BCUT2D eigenvalue weighted by atomic mass is 9.97. The monoisotopic (exact) mass is 203 g/mol. The third-order valence-electron chi connectivity index (χ3n) is 1.27. The fraction of sp³-hybridized carbons (Fsp3) is 0.875. The van der Waals surface area contributed by atoms with Crippen molar-refractivity contribution in [3.8, 4) is 0 Å². The first kappa shape index (κ1) is 11.9. The van der Waals surface area contributed by atoms with Gasteiger partial charge in [-0.3, -0.25) is 4.66 Å². The molecule has 0 aliphatic rings. The Hall–Kier alpha value is -0.0962. The van der Waals surface area contributed by atoms with Crippen LogP contribution in [0.4, 0.5) is 0 Å². The van der Waals surface area contributed by atoms with Crippen molar-refractivity contribution in [3.63, 3.8) is 0 Å². The van der Waals surface area contributed by atoms with Gasteiger partial charge in [0.15, 0.2) is 14.1 Å². The van der Waals surface area contributed by atoms with E-state index in [2.05, 4.69) is 45.1 Å². The summed E-state index contributed by atoms with van der Waals surface area (Å²) in [5, 5.41) is 0. The zero-order chi connectivity index (χ0) is 9.99. The molecule has 0 saturated carbocycles. The molecule has 2 nitrogen and oxygen atoms in total. The third-order valence-corrected chi connectivity index (χ3v) is 2.53. The van der Waals surface area contributed by atoms with Gasteiger partial charge in [0.05, 0.1) is 0 Å². The summed E-state index contributed by atoms with van der Waals surface area (Å²) in [7, 11) is -0.628. The van der Waals surface area contributed by atoms with Gasteiger partial charge in [0.25, 0.3) is 0 Å². The maximum atomic E-state index is 5.41. The molecule has 0 N–H and O–H groups in total. The number of rotatable bonds is 1. The Morgan fingerprint density at radius 1 is 1.25 bits per heavy atom. The quantitative estimate of drug-likeness (QED) is 0.360. The largest absolute Gasteiger partial charge is 0.544 e. The van der Waals surface area contributed by atoms with E-state index in [0.29, 0.717) is 0 Å². The predicted octanol–water partition coefficient (Wildman–Crippen LogP) is 1.56. The fourth-order valence-electron chi connectivity index (χ4n) is 0.824. The van der Waals surface area contributed by atoms with Gasteiger partial charge in [0, 0.05) is 5.41 Å². The van der Waals surface area contributed by atoms with E-state index in [0.717, 1.165) is 16.4 Å². The third kappa shape index (κ3) is 4.72. The first-order valence-electron chi connectivity index (χ1n) is 4.31. The Labute approximate surface area is 80.1 Å². The zero-order valence-electron chi connectivity index (χ0n) is 9.36. The predicted molar refractivity (Wildman–Crippen MR) is 61.3 cm³/mol. The second-order valence-corrected chi connectivity index (χ2v) is 10.0. The molecule has 0 aromatic rings. The van der Waals surface area contributed by atoms with Crippen molar-refractivity contribution < 1.29 is 4.43 Å². The molecule has 0 aromatic heterocycles. The first-order valence-corrected chi connectivity index (χ1v) is 8.57. The topological polar surface area (TPSA) is 21.6 Å². The Balaban J connectivity index is 4.68. The molecule has 0 radical (unpaired) electrons. The molecular weight excluding hydrogens is 182 g/mol. The van der Waals surface area contributed by atoms with Gasteiger partial charge in [-0.05, 0) is 19.6 Å². The van der Waals surface area contributed by atoms with Gasteiger partial charge < -0.3 is 4.43 Å². The highest BCUT2D eigenvalue weighted by molar-refractivity contribution is 6.75. The lowest BCUT2D eigenvalue weighted by Crippen LogP contribution is -2.29. The molecule has 0 atom stereocenters. The van der Waals surface area contributed by atoms with Crippen LogP contribution in [0.3, 0.4) is 0 Å². The van der Waals surface area contributed by atoms with Crippen LogP contribution in [0.5, 0.6) is 0 Å². The van der Waals surface area contributed by atoms with Gasteiger partial charge in [0.1, 0.15) is 0 Å². The molecule has 0 heterocycles. The molecule has 0 rings (SSSR count). The van der Waals surface area contributed by atoms with E-state index in [4.69, 9.17) is 4.43 Å². The molecule has 0 aromatic carbocycles. The molecule has 12 heavy (non-hydrogen) atoms. The maximum absolute atomic E-state index is 5.41. The van der Waals surface area contributed by atoms with Gasteiger partial charge in [-0.2, -0.15) is 0 Å². The van der Waals surface area contributed by atoms with Gasteiger partial charge in [-0.1, -0.05) is 20.8 Å². The highest BCUT2D eigenvalue weighted by Crippen LogP contribution is 2.18. The average Bonchev–Trinajstić information content (AvgIpc) is 1.78. The van der Waals surface area contributed by atoms with Crippen LogP contribution in [0.25, 0.3) is 0 Å². The van der Waals surface area contributed by atoms with Crippen LogP contribution in [0, 0.1) is 5.41 Å². The molecule has 0 aliphatic carbocycles. The van der Waals surface area contributed by atoms with E-state index in [1.807, 2.05) is 0 Å². The van der Waals surface area contributed by atoms with E-state index in [1.54, 1.807) is 0 Å². The van der Waals surface area contributed by atoms with Gasteiger partial charge >= 0.3 is 0 Å². The summed E-state index contributed by atoms with van der Waals surface area (Å²) in [6, 6.07) is 0. The minimum absolute atomic E-state index is 0.0715. The van der Waals surface area contributed by atoms with E-state index in [9.17, 15) is 0 Å². The fourth-order valence-corrected chi connectivity index (χ4v) is 2.75. The van der Waals surface area contributed by atoms with Crippen molar-refractivity contribution in [1.29, 1.82) is 0 Å². The van der Waals surface area contributed by atoms with E-state index < -0.39 is 8.24 Å². The lowest BCUT2D eigenvalue weighted by Gasteiger charge is -2.24. The van der Waals surface area contributed by atoms with Gasteiger partial charge in [-0.25, -0.2) is 0 Å². The molecule has 0 fully saturated rings. The van der Waals surface area contributed by atoms with Crippen molar-refractivity contribution in [2.75, 3.05) is 0 Å². The molecule has 72 valence electrons. The minimum atomic E-state index is -1.37. The summed E-state index contributed by atoms with van der Waals surface area (Å²) in [5.41, 5.74) is 0.0715. The van der Waals surface area contributed by atoms with Crippen molar-refractivity contribution in [2.24, 2.45) is 10.1 Å². The molecule has 0 unspecified atom stereocenters. The maximum Gasteiger partial charge on any atom is 0.205 e. The lowest BCUT2D eigenvalue weighted by molar-refractivity contribution is 0.459. The van der Waals surface area contributed by atoms with Crippen molar-refractivity contribution in [1.82, 2.24) is 0 Å². The Morgan fingerprint density at radius 3 is 1.75 bits per heavy atom. The molecule has 0 saturated heterocycles. The van der Waals surface area contributed by atoms with E-state index in [1.165, 1.54) is 0 Å². The van der Waals surface area contributed by atoms with Crippen LogP contribution >= 0.6 is 0 Å². The second kappa shape index (κ2) is 3.74. The summed E-state index contributed by atoms with van der Waals surface area (Å²) in [4.78, 5) is 0. The van der Waals surface area contributed by atoms with Crippen LogP contribution in [-0.2, 0) is 4.43 Å². The van der Waals surface area contributed by atoms with E-state index >= 15 is 0 Å². The molecule has 0 bridgehead atoms. The van der Waals surface area contributed by atoms with Crippen LogP contribution in [0.15, 0.2) is 4.66 Å². The Morgan fingerprint density at radius 2 is 1.67 bits per heavy atom. The summed E-state index contributed by atoms with van der Waals surface area (Å²) in [6.07, 6.45) is 0. The summed E-state index contributed by atoms with van der Waals surface area (Å²) >= 11 is 0. The molecule has 0 spiro atoms. The molecule has 0 aliphatic heterocycles. The molecule has 4 heteroatoms. The Kier molecular flexibility index (Phi) is 3.71. The normalized spacial score (nSPS) is 15.0. The highest BCUT2D eigenvalue weighted by atomic mass is 28.3. The van der Waals surface area contributed by atoms with Gasteiger partial charge in [0.2, 0.25) is 10.5 Å². The van der Waals surface area contributed by atoms with Crippen LogP contribution in [0.1, 0.15) is 20.8 Å². The highest BCUT2D eigenvalue weighted by Gasteiger charge is 2.22. The Bertz CT molecular complexity index is 176. The number of hydrogen-bond donors (Lipinski definition) is 0. The van der Waals surface area contributed by atoms with Crippen molar-refractivity contribution >= 4 is 24.6 Å². The average molecular weight is 203 g/mol. The minimum Gasteiger partial charge on any atom is -0.544 e. The zero-order valence-corrected chi connectivity index (χ0v) is 12.4. The van der Waals surface area contributed by atoms with Crippen molar-refractivity contribution in [3.05, 3.63) is 0 Å². The molecular formula is C8H21NOSi2. The standard InChI is InChI=1S/C8H21NOSi2/c1-8(2,3)7(10-11)9-12(4,5)6/h1-6,11H3/b9-7+. The summed E-state index contributed by atoms with van der Waals surface area (Å²) in [6.45, 7) is 13.1. The first-order chi connectivity index (χ1) is 5.17. The van der Waals surface area contributed by atoms with Crippen LogP contribution < -0.4 is 0 Å². The van der Waals surface area contributed by atoms with Crippen LogP contribution in [0.2, 0.25) is 19.6 Å². The summed E-state index contributed by atoms with van der Waals surface area (Å²) < 4.78 is 10.1. The molecule has 0 amide bonds.